The lowest BCUT2D eigenvalue weighted by Gasteiger charge is -2.09. The molecule has 0 saturated heterocycles. The first kappa shape index (κ1) is 21.9. The second kappa shape index (κ2) is 9.18. The summed E-state index contributed by atoms with van der Waals surface area (Å²) in [5.41, 5.74) is -0.402. The van der Waals surface area contributed by atoms with E-state index in [0.29, 0.717) is 5.56 Å². The molecule has 2 aromatic carbocycles. The van der Waals surface area contributed by atoms with Crippen LogP contribution < -0.4 is 10.6 Å². The summed E-state index contributed by atoms with van der Waals surface area (Å²) < 4.78 is 55.5. The highest BCUT2D eigenvalue weighted by Crippen LogP contribution is 2.29. The molecule has 2 N–H and O–H groups in total. The molecule has 0 aliphatic carbocycles. The van der Waals surface area contributed by atoms with Gasteiger partial charge in [-0.1, -0.05) is 6.07 Å². The Kier molecular flexibility index (Phi) is 6.92. The second-order valence-electron chi connectivity index (χ2n) is 5.93. The van der Waals surface area contributed by atoms with Gasteiger partial charge in [0.25, 0.3) is 11.8 Å². The van der Waals surface area contributed by atoms with Gasteiger partial charge in [0, 0.05) is 11.3 Å². The lowest BCUT2D eigenvalue weighted by molar-refractivity contribution is -0.146. The number of hydrogen-bond donors (Lipinski definition) is 2. The van der Waals surface area contributed by atoms with Crippen molar-refractivity contribution in [2.75, 3.05) is 18.5 Å². The third-order valence-corrected chi connectivity index (χ3v) is 3.69. The van der Waals surface area contributed by atoms with Gasteiger partial charge in [-0.05, 0) is 48.9 Å². The Bertz CT molecular complexity index is 911. The number of alkyl halides is 3. The lowest BCUT2D eigenvalue weighted by atomic mass is 10.1. The van der Waals surface area contributed by atoms with E-state index in [4.69, 9.17) is 0 Å². The number of benzene rings is 2. The van der Waals surface area contributed by atoms with Crippen molar-refractivity contribution >= 4 is 23.5 Å². The van der Waals surface area contributed by atoms with Gasteiger partial charge in [-0.15, -0.1) is 0 Å². The van der Waals surface area contributed by atoms with Crippen molar-refractivity contribution in [1.29, 1.82) is 0 Å². The average molecular weight is 412 g/mol. The van der Waals surface area contributed by atoms with Crippen LogP contribution in [0.25, 0.3) is 0 Å². The number of rotatable bonds is 6. The van der Waals surface area contributed by atoms with Crippen molar-refractivity contribution < 1.29 is 36.7 Å². The molecule has 10 heteroatoms. The predicted molar refractivity (Wildman–Crippen MR) is 94.5 cm³/mol. The van der Waals surface area contributed by atoms with Crippen LogP contribution in [-0.4, -0.2) is 30.9 Å². The van der Waals surface area contributed by atoms with Crippen LogP contribution in [0.3, 0.4) is 0 Å². The quantitative estimate of drug-likeness (QED) is 0.564. The molecule has 2 aromatic rings. The average Bonchev–Trinajstić information content (AvgIpc) is 2.66. The minimum atomic E-state index is -4.52. The van der Waals surface area contributed by atoms with E-state index in [0.717, 1.165) is 30.3 Å². The minimum Gasteiger partial charge on any atom is -0.454 e. The number of aryl methyl sites for hydroxylation is 1. The summed E-state index contributed by atoms with van der Waals surface area (Å²) in [5.74, 6) is -2.94. The van der Waals surface area contributed by atoms with Gasteiger partial charge in [-0.25, -0.2) is 4.39 Å². The monoisotopic (exact) mass is 412 g/mol. The van der Waals surface area contributed by atoms with Crippen LogP contribution in [0.1, 0.15) is 21.5 Å². The molecular formula is C19H16F4N2O4. The summed E-state index contributed by atoms with van der Waals surface area (Å²) in [6.07, 6.45) is -4.52. The molecule has 0 fully saturated rings. The molecule has 6 nitrogen and oxygen atoms in total. The Labute approximate surface area is 162 Å². The Morgan fingerprint density at radius 2 is 1.69 bits per heavy atom. The van der Waals surface area contributed by atoms with Gasteiger partial charge in [-0.3, -0.25) is 14.4 Å². The maximum atomic E-state index is 13.4. The fourth-order valence-electron chi connectivity index (χ4n) is 2.13. The Morgan fingerprint density at radius 1 is 1.03 bits per heavy atom. The van der Waals surface area contributed by atoms with E-state index in [2.05, 4.69) is 15.4 Å². The number of esters is 1. The molecule has 154 valence electrons. The van der Waals surface area contributed by atoms with Gasteiger partial charge >= 0.3 is 12.1 Å². The molecule has 0 aliphatic heterocycles. The fraction of sp³-hybridized carbons (Fsp3) is 0.211. The molecular weight excluding hydrogens is 396 g/mol. The van der Waals surface area contributed by atoms with Gasteiger partial charge < -0.3 is 15.4 Å². The van der Waals surface area contributed by atoms with Crippen molar-refractivity contribution in [2.24, 2.45) is 0 Å². The molecule has 29 heavy (non-hydrogen) atoms. The molecule has 0 radical (unpaired) electrons. The van der Waals surface area contributed by atoms with Crippen LogP contribution in [-0.2, 0) is 20.5 Å². The SMILES string of the molecule is Cc1ccc(NC(=O)COC(=O)CNC(=O)c2ccc(C(F)(F)F)cc2)cc1F. The van der Waals surface area contributed by atoms with Gasteiger partial charge in [0.2, 0.25) is 0 Å². The first-order valence-electron chi connectivity index (χ1n) is 8.23. The number of halogens is 4. The molecule has 0 atom stereocenters. The summed E-state index contributed by atoms with van der Waals surface area (Å²) in [5, 5.41) is 4.51. The largest absolute Gasteiger partial charge is 0.454 e. The predicted octanol–water partition coefficient (Wildman–Crippen LogP) is 3.06. The van der Waals surface area contributed by atoms with Crippen molar-refractivity contribution in [1.82, 2.24) is 5.32 Å². The number of nitrogens with one attached hydrogen (secondary N) is 2. The van der Waals surface area contributed by atoms with Gasteiger partial charge in [0.05, 0.1) is 5.56 Å². The van der Waals surface area contributed by atoms with Crippen LogP contribution >= 0.6 is 0 Å². The standard InChI is InChI=1S/C19H16F4N2O4/c1-11-2-7-14(8-15(11)20)25-16(26)10-29-17(27)9-24-18(28)12-3-5-13(6-4-12)19(21,22)23/h2-8H,9-10H2,1H3,(H,24,28)(H,25,26). The smallest absolute Gasteiger partial charge is 0.416 e. The molecule has 0 spiro atoms. The van der Waals surface area contributed by atoms with E-state index in [1.807, 2.05) is 0 Å². The lowest BCUT2D eigenvalue weighted by Crippen LogP contribution is -2.32. The number of amides is 2. The van der Waals surface area contributed by atoms with Crippen molar-refractivity contribution in [3.63, 3.8) is 0 Å². The Balaban J connectivity index is 1.76. The molecule has 0 heterocycles. The number of anilines is 1. The number of carbonyl (C=O) groups is 3. The summed E-state index contributed by atoms with van der Waals surface area (Å²) in [6, 6.07) is 7.47. The molecule has 2 rings (SSSR count). The van der Waals surface area contributed by atoms with Crippen LogP contribution in [0.15, 0.2) is 42.5 Å². The van der Waals surface area contributed by atoms with Crippen molar-refractivity contribution in [3.05, 3.63) is 65.0 Å². The third-order valence-electron chi connectivity index (χ3n) is 3.69. The number of hydrogen-bond acceptors (Lipinski definition) is 4. The fourth-order valence-corrected chi connectivity index (χ4v) is 2.13. The normalized spacial score (nSPS) is 10.9. The minimum absolute atomic E-state index is 0.0788. The van der Waals surface area contributed by atoms with Crippen molar-refractivity contribution in [2.45, 2.75) is 13.1 Å². The summed E-state index contributed by atoms with van der Waals surface area (Å²) in [6.45, 7) is 0.304. The molecule has 0 saturated carbocycles. The zero-order valence-electron chi connectivity index (χ0n) is 15.1. The van der Waals surface area contributed by atoms with Crippen LogP contribution in [0.5, 0.6) is 0 Å². The van der Waals surface area contributed by atoms with Crippen molar-refractivity contribution in [3.8, 4) is 0 Å². The van der Waals surface area contributed by atoms with Crippen LogP contribution in [0.4, 0.5) is 23.2 Å². The van der Waals surface area contributed by atoms with Crippen LogP contribution in [0, 0.1) is 12.7 Å². The van der Waals surface area contributed by atoms with E-state index >= 15 is 0 Å². The Hall–Kier alpha value is -3.43. The zero-order valence-corrected chi connectivity index (χ0v) is 15.1. The highest BCUT2D eigenvalue weighted by Gasteiger charge is 2.30. The number of carbonyl (C=O) groups excluding carboxylic acids is 3. The molecule has 0 unspecified atom stereocenters. The third kappa shape index (κ3) is 6.59. The van der Waals surface area contributed by atoms with Gasteiger partial charge in [0.1, 0.15) is 12.4 Å². The maximum Gasteiger partial charge on any atom is 0.416 e. The topological polar surface area (TPSA) is 84.5 Å². The van der Waals surface area contributed by atoms with E-state index in [1.165, 1.54) is 12.1 Å². The summed E-state index contributed by atoms with van der Waals surface area (Å²) >= 11 is 0. The summed E-state index contributed by atoms with van der Waals surface area (Å²) in [4.78, 5) is 35.1. The first-order valence-corrected chi connectivity index (χ1v) is 8.23. The second-order valence-corrected chi connectivity index (χ2v) is 5.93. The zero-order chi connectivity index (χ0) is 21.6. The van der Waals surface area contributed by atoms with Crippen LogP contribution in [0.2, 0.25) is 0 Å². The van der Waals surface area contributed by atoms with E-state index in [1.54, 1.807) is 6.92 Å². The maximum absolute atomic E-state index is 13.4. The Morgan fingerprint density at radius 3 is 2.28 bits per heavy atom. The number of ether oxygens (including phenoxy) is 1. The highest BCUT2D eigenvalue weighted by atomic mass is 19.4. The molecule has 0 aromatic heterocycles. The van der Waals surface area contributed by atoms with Gasteiger partial charge in [0.15, 0.2) is 6.61 Å². The molecule has 0 bridgehead atoms. The summed E-state index contributed by atoms with van der Waals surface area (Å²) in [7, 11) is 0. The highest BCUT2D eigenvalue weighted by molar-refractivity contribution is 5.96. The van der Waals surface area contributed by atoms with E-state index in [-0.39, 0.29) is 11.3 Å². The van der Waals surface area contributed by atoms with E-state index in [9.17, 15) is 31.9 Å². The molecule has 2 amide bonds. The molecule has 0 aliphatic rings. The first-order chi connectivity index (χ1) is 13.6. The van der Waals surface area contributed by atoms with Gasteiger partial charge in [-0.2, -0.15) is 13.2 Å². The van der Waals surface area contributed by atoms with E-state index < -0.39 is 48.5 Å².